The van der Waals surface area contributed by atoms with Crippen molar-refractivity contribution in [3.05, 3.63) is 35.9 Å². The molecule has 2 nitrogen and oxygen atoms in total. The summed E-state index contributed by atoms with van der Waals surface area (Å²) in [5.74, 6) is 0. The predicted molar refractivity (Wildman–Crippen MR) is 77.9 cm³/mol. The third-order valence-electron chi connectivity index (χ3n) is 3.88. The van der Waals surface area contributed by atoms with Gasteiger partial charge >= 0.3 is 0 Å². The summed E-state index contributed by atoms with van der Waals surface area (Å²) in [6, 6.07) is 12.2. The number of benzene rings is 1. The second-order valence-corrected chi connectivity index (χ2v) is 5.48. The molecule has 0 bridgehead atoms. The third kappa shape index (κ3) is 3.82. The zero-order valence-corrected chi connectivity index (χ0v) is 11.7. The Morgan fingerprint density at radius 3 is 2.78 bits per heavy atom. The van der Waals surface area contributed by atoms with E-state index in [1.54, 1.807) is 0 Å². The van der Waals surface area contributed by atoms with Crippen LogP contribution in [-0.2, 0) is 6.42 Å². The Morgan fingerprint density at radius 1 is 1.28 bits per heavy atom. The molecule has 1 aliphatic heterocycles. The van der Waals surface area contributed by atoms with Crippen molar-refractivity contribution in [2.75, 3.05) is 19.6 Å². The zero-order valence-electron chi connectivity index (χ0n) is 11.7. The first-order valence-corrected chi connectivity index (χ1v) is 7.31. The zero-order chi connectivity index (χ0) is 12.8. The molecule has 2 heteroatoms. The first-order chi connectivity index (χ1) is 8.79. The van der Waals surface area contributed by atoms with Crippen molar-refractivity contribution < 1.29 is 0 Å². The van der Waals surface area contributed by atoms with Crippen molar-refractivity contribution in [1.29, 1.82) is 0 Å². The van der Waals surface area contributed by atoms with E-state index in [1.807, 2.05) is 0 Å². The van der Waals surface area contributed by atoms with E-state index in [0.29, 0.717) is 6.04 Å². The summed E-state index contributed by atoms with van der Waals surface area (Å²) in [4.78, 5) is 2.68. The van der Waals surface area contributed by atoms with Gasteiger partial charge in [-0.25, -0.2) is 0 Å². The van der Waals surface area contributed by atoms with Crippen LogP contribution in [0.2, 0.25) is 0 Å². The van der Waals surface area contributed by atoms with Gasteiger partial charge in [-0.1, -0.05) is 43.7 Å². The van der Waals surface area contributed by atoms with Crippen LogP contribution >= 0.6 is 0 Å². The minimum Gasteiger partial charge on any atom is -0.311 e. The number of rotatable bonds is 5. The molecule has 1 N–H and O–H groups in total. The van der Waals surface area contributed by atoms with E-state index >= 15 is 0 Å². The number of nitrogens with one attached hydrogen (secondary N) is 1. The van der Waals surface area contributed by atoms with Crippen molar-refractivity contribution in [2.45, 2.75) is 45.2 Å². The second-order valence-electron chi connectivity index (χ2n) is 5.48. The van der Waals surface area contributed by atoms with Gasteiger partial charge in [0.2, 0.25) is 0 Å². The molecule has 1 aromatic carbocycles. The number of nitrogens with zero attached hydrogens (tertiary/aromatic N) is 1. The van der Waals surface area contributed by atoms with Gasteiger partial charge in [0.05, 0.1) is 0 Å². The standard InChI is InChI=1S/C16H26N2/c1-3-7-16-12-17-14(2)13-18(16)11-10-15-8-5-4-6-9-15/h4-6,8-9,14,16-17H,3,7,10-13H2,1-2H3. The van der Waals surface area contributed by atoms with Crippen LogP contribution in [0.15, 0.2) is 30.3 Å². The number of hydrogen-bond donors (Lipinski definition) is 1. The molecule has 1 aromatic rings. The van der Waals surface area contributed by atoms with Crippen LogP contribution in [0.4, 0.5) is 0 Å². The summed E-state index contributed by atoms with van der Waals surface area (Å²) in [7, 11) is 0. The number of piperazine rings is 1. The molecular formula is C16H26N2. The van der Waals surface area contributed by atoms with E-state index in [1.165, 1.54) is 37.9 Å². The van der Waals surface area contributed by atoms with E-state index < -0.39 is 0 Å². The van der Waals surface area contributed by atoms with Crippen LogP contribution in [-0.4, -0.2) is 36.6 Å². The fourth-order valence-electron chi connectivity index (χ4n) is 2.84. The Morgan fingerprint density at radius 2 is 2.06 bits per heavy atom. The van der Waals surface area contributed by atoms with Gasteiger partial charge in [0.1, 0.15) is 0 Å². The molecule has 1 aliphatic rings. The van der Waals surface area contributed by atoms with Crippen molar-refractivity contribution >= 4 is 0 Å². The average molecular weight is 246 g/mol. The average Bonchev–Trinajstić information content (AvgIpc) is 2.40. The Labute approximate surface area is 111 Å². The molecule has 2 atom stereocenters. The summed E-state index contributed by atoms with van der Waals surface area (Å²) in [6.45, 7) is 8.12. The van der Waals surface area contributed by atoms with Crippen molar-refractivity contribution in [3.8, 4) is 0 Å². The van der Waals surface area contributed by atoms with E-state index in [-0.39, 0.29) is 0 Å². The molecule has 0 saturated carbocycles. The van der Waals surface area contributed by atoms with Gasteiger partial charge in [0, 0.05) is 31.7 Å². The fourth-order valence-corrected chi connectivity index (χ4v) is 2.84. The smallest absolute Gasteiger partial charge is 0.0221 e. The molecule has 0 aromatic heterocycles. The Bertz CT molecular complexity index is 336. The summed E-state index contributed by atoms with van der Waals surface area (Å²) in [5.41, 5.74) is 1.46. The maximum absolute atomic E-state index is 3.60. The lowest BCUT2D eigenvalue weighted by molar-refractivity contribution is 0.129. The van der Waals surface area contributed by atoms with Gasteiger partial charge < -0.3 is 5.32 Å². The molecule has 1 heterocycles. The second kappa shape index (κ2) is 6.91. The van der Waals surface area contributed by atoms with E-state index in [4.69, 9.17) is 0 Å². The van der Waals surface area contributed by atoms with Crippen molar-refractivity contribution in [2.24, 2.45) is 0 Å². The maximum atomic E-state index is 3.60. The Balaban J connectivity index is 1.88. The fraction of sp³-hybridized carbons (Fsp3) is 0.625. The van der Waals surface area contributed by atoms with Crippen molar-refractivity contribution in [3.63, 3.8) is 0 Å². The molecule has 0 radical (unpaired) electrons. The summed E-state index contributed by atoms with van der Waals surface area (Å²) >= 11 is 0. The molecule has 100 valence electrons. The lowest BCUT2D eigenvalue weighted by atomic mass is 10.0. The lowest BCUT2D eigenvalue weighted by Crippen LogP contribution is -2.55. The largest absolute Gasteiger partial charge is 0.311 e. The van der Waals surface area contributed by atoms with E-state index in [0.717, 1.165) is 12.6 Å². The van der Waals surface area contributed by atoms with Crippen LogP contribution in [0, 0.1) is 0 Å². The monoisotopic (exact) mass is 246 g/mol. The van der Waals surface area contributed by atoms with E-state index in [2.05, 4.69) is 54.4 Å². The van der Waals surface area contributed by atoms with Crippen LogP contribution in [0.1, 0.15) is 32.3 Å². The first-order valence-electron chi connectivity index (χ1n) is 7.31. The molecule has 0 spiro atoms. The van der Waals surface area contributed by atoms with Crippen LogP contribution < -0.4 is 5.32 Å². The van der Waals surface area contributed by atoms with Crippen LogP contribution in [0.25, 0.3) is 0 Å². The molecule has 1 saturated heterocycles. The van der Waals surface area contributed by atoms with Gasteiger partial charge in [0.25, 0.3) is 0 Å². The van der Waals surface area contributed by atoms with Crippen LogP contribution in [0.5, 0.6) is 0 Å². The molecule has 2 unspecified atom stereocenters. The molecule has 2 rings (SSSR count). The molecular weight excluding hydrogens is 220 g/mol. The summed E-state index contributed by atoms with van der Waals surface area (Å²) in [6.07, 6.45) is 3.77. The summed E-state index contributed by atoms with van der Waals surface area (Å²) < 4.78 is 0. The SMILES string of the molecule is CCCC1CNC(C)CN1CCc1ccccc1. The summed E-state index contributed by atoms with van der Waals surface area (Å²) in [5, 5.41) is 3.60. The van der Waals surface area contributed by atoms with Crippen molar-refractivity contribution in [1.82, 2.24) is 10.2 Å². The first kappa shape index (κ1) is 13.6. The Kier molecular flexibility index (Phi) is 5.21. The minimum absolute atomic E-state index is 0.633. The molecule has 1 fully saturated rings. The molecule has 0 amide bonds. The highest BCUT2D eigenvalue weighted by Crippen LogP contribution is 2.13. The highest BCUT2D eigenvalue weighted by Gasteiger charge is 2.24. The third-order valence-corrected chi connectivity index (χ3v) is 3.88. The predicted octanol–water partition coefficient (Wildman–Crippen LogP) is 2.69. The highest BCUT2D eigenvalue weighted by atomic mass is 15.2. The number of hydrogen-bond acceptors (Lipinski definition) is 2. The van der Waals surface area contributed by atoms with Gasteiger partial charge in [-0.2, -0.15) is 0 Å². The van der Waals surface area contributed by atoms with Crippen LogP contribution in [0.3, 0.4) is 0 Å². The van der Waals surface area contributed by atoms with Gasteiger partial charge in [-0.05, 0) is 25.3 Å². The normalized spacial score (nSPS) is 25.2. The highest BCUT2D eigenvalue weighted by molar-refractivity contribution is 5.15. The van der Waals surface area contributed by atoms with Gasteiger partial charge in [-0.15, -0.1) is 0 Å². The lowest BCUT2D eigenvalue weighted by Gasteiger charge is -2.39. The molecule has 0 aliphatic carbocycles. The van der Waals surface area contributed by atoms with E-state index in [9.17, 15) is 0 Å². The molecule has 18 heavy (non-hydrogen) atoms. The van der Waals surface area contributed by atoms with Gasteiger partial charge in [0.15, 0.2) is 0 Å². The Hall–Kier alpha value is -0.860. The van der Waals surface area contributed by atoms with Gasteiger partial charge in [-0.3, -0.25) is 4.90 Å². The maximum Gasteiger partial charge on any atom is 0.0221 e. The topological polar surface area (TPSA) is 15.3 Å². The quantitative estimate of drug-likeness (QED) is 0.859. The minimum atomic E-state index is 0.633.